The fourth-order valence-electron chi connectivity index (χ4n) is 2.64. The number of nitrogens with zero attached hydrogens (tertiary/aromatic N) is 1. The molecule has 0 spiro atoms. The third-order valence-corrected chi connectivity index (χ3v) is 4.94. The fourth-order valence-corrected chi connectivity index (χ4v) is 3.01. The lowest BCUT2D eigenvalue weighted by Gasteiger charge is -2.12. The summed E-state index contributed by atoms with van der Waals surface area (Å²) in [6, 6.07) is 15.2. The topological polar surface area (TPSA) is 72.4 Å². The second-order valence-electron chi connectivity index (χ2n) is 5.91. The molecule has 144 valence electrons. The molecule has 3 aromatic rings. The summed E-state index contributed by atoms with van der Waals surface area (Å²) in [4.78, 5) is 25.3. The minimum Gasteiger partial charge on any atom is -0.497 e. The van der Waals surface area contributed by atoms with Gasteiger partial charge in [0, 0.05) is 18.8 Å². The van der Waals surface area contributed by atoms with Gasteiger partial charge in [0.25, 0.3) is 11.8 Å². The molecule has 2 N–H and O–H groups in total. The highest BCUT2D eigenvalue weighted by atomic mass is 35.5. The Morgan fingerprint density at radius 3 is 2.39 bits per heavy atom. The quantitative estimate of drug-likeness (QED) is 0.623. The largest absolute Gasteiger partial charge is 0.497 e. The van der Waals surface area contributed by atoms with E-state index in [-0.39, 0.29) is 21.8 Å². The summed E-state index contributed by atoms with van der Waals surface area (Å²) in [6.07, 6.45) is 0. The van der Waals surface area contributed by atoms with Crippen molar-refractivity contribution in [3.8, 4) is 5.75 Å². The summed E-state index contributed by atoms with van der Waals surface area (Å²) in [7, 11) is 3.18. The first-order valence-corrected chi connectivity index (χ1v) is 9.03. The Morgan fingerprint density at radius 1 is 0.964 bits per heavy atom. The highest BCUT2D eigenvalue weighted by molar-refractivity contribution is 6.42. The maximum atomic E-state index is 12.7. The number of halogens is 2. The molecule has 0 saturated carbocycles. The maximum Gasteiger partial charge on any atom is 0.272 e. The molecular formula is C20H17Cl2N3O3. The van der Waals surface area contributed by atoms with Crippen LogP contribution in [0.3, 0.4) is 0 Å². The third-order valence-electron chi connectivity index (χ3n) is 4.10. The van der Waals surface area contributed by atoms with Crippen LogP contribution in [-0.2, 0) is 7.05 Å². The van der Waals surface area contributed by atoms with E-state index in [0.29, 0.717) is 22.7 Å². The third kappa shape index (κ3) is 4.13. The number of carbonyl (C=O) groups excluding carboxylic acids is 2. The number of para-hydroxylation sites is 1. The molecule has 2 aromatic carbocycles. The van der Waals surface area contributed by atoms with E-state index in [9.17, 15) is 9.59 Å². The lowest BCUT2D eigenvalue weighted by molar-refractivity contribution is 0.101. The number of carbonyl (C=O) groups is 2. The minimum absolute atomic E-state index is 0.260. The number of benzene rings is 2. The molecule has 1 heterocycles. The van der Waals surface area contributed by atoms with E-state index in [0.717, 1.165) is 0 Å². The molecule has 8 heteroatoms. The SMILES string of the molecule is COc1cccc(NC(=O)c2ccccc2NC(=O)c2cc(Cl)c(Cl)n2C)c1. The van der Waals surface area contributed by atoms with Gasteiger partial charge in [-0.2, -0.15) is 0 Å². The molecule has 0 saturated heterocycles. The van der Waals surface area contributed by atoms with Crippen LogP contribution in [0.25, 0.3) is 0 Å². The summed E-state index contributed by atoms with van der Waals surface area (Å²) in [5.41, 5.74) is 1.52. The number of rotatable bonds is 5. The van der Waals surface area contributed by atoms with Gasteiger partial charge in [0.05, 0.1) is 23.4 Å². The van der Waals surface area contributed by atoms with E-state index in [1.54, 1.807) is 62.7 Å². The highest BCUT2D eigenvalue weighted by Gasteiger charge is 2.18. The van der Waals surface area contributed by atoms with Gasteiger partial charge in [0.2, 0.25) is 0 Å². The molecule has 0 atom stereocenters. The number of ether oxygens (including phenoxy) is 1. The van der Waals surface area contributed by atoms with Crippen LogP contribution in [0.2, 0.25) is 10.2 Å². The zero-order valence-electron chi connectivity index (χ0n) is 15.1. The van der Waals surface area contributed by atoms with E-state index < -0.39 is 5.91 Å². The molecule has 1 aromatic heterocycles. The average molecular weight is 418 g/mol. The summed E-state index contributed by atoms with van der Waals surface area (Å²) in [5.74, 6) is -0.179. The zero-order valence-corrected chi connectivity index (χ0v) is 16.6. The van der Waals surface area contributed by atoms with E-state index in [1.807, 2.05) is 0 Å². The molecule has 0 unspecified atom stereocenters. The number of aromatic nitrogens is 1. The van der Waals surface area contributed by atoms with Gasteiger partial charge in [-0.3, -0.25) is 9.59 Å². The summed E-state index contributed by atoms with van der Waals surface area (Å²) >= 11 is 12.0. The molecule has 0 bridgehead atoms. The molecular weight excluding hydrogens is 401 g/mol. The molecule has 0 aliphatic heterocycles. The molecule has 0 aliphatic carbocycles. The van der Waals surface area contributed by atoms with E-state index in [2.05, 4.69) is 10.6 Å². The number of hydrogen-bond acceptors (Lipinski definition) is 3. The molecule has 0 aliphatic rings. The monoisotopic (exact) mass is 417 g/mol. The van der Waals surface area contributed by atoms with Gasteiger partial charge in [-0.05, 0) is 30.3 Å². The lowest BCUT2D eigenvalue weighted by atomic mass is 10.1. The first kappa shape index (κ1) is 19.8. The van der Waals surface area contributed by atoms with Crippen LogP contribution in [-0.4, -0.2) is 23.5 Å². The number of anilines is 2. The number of hydrogen-bond donors (Lipinski definition) is 2. The highest BCUT2D eigenvalue weighted by Crippen LogP contribution is 2.26. The minimum atomic E-state index is -0.432. The maximum absolute atomic E-state index is 12.7. The number of amides is 2. The van der Waals surface area contributed by atoms with Crippen molar-refractivity contribution in [3.05, 3.63) is 76.0 Å². The Hall–Kier alpha value is -2.96. The van der Waals surface area contributed by atoms with Gasteiger partial charge in [-0.1, -0.05) is 41.4 Å². The standard InChI is InChI=1S/C20H17Cl2N3O3/c1-25-17(11-15(21)18(25)22)20(27)24-16-9-4-3-8-14(16)19(26)23-12-6-5-7-13(10-12)28-2/h3-11H,1-2H3,(H,23,26)(H,24,27). The first-order valence-electron chi connectivity index (χ1n) is 8.27. The predicted molar refractivity (Wildman–Crippen MR) is 111 cm³/mol. The molecule has 0 radical (unpaired) electrons. The molecule has 2 amide bonds. The van der Waals surface area contributed by atoms with Gasteiger partial charge in [0.1, 0.15) is 16.6 Å². The Labute approximate surface area is 172 Å². The van der Waals surface area contributed by atoms with Crippen molar-refractivity contribution in [1.29, 1.82) is 0 Å². The molecule has 6 nitrogen and oxygen atoms in total. The molecule has 28 heavy (non-hydrogen) atoms. The van der Waals surface area contributed by atoms with Crippen LogP contribution in [0.4, 0.5) is 11.4 Å². The molecule has 3 rings (SSSR count). The van der Waals surface area contributed by atoms with Crippen LogP contribution in [0.15, 0.2) is 54.6 Å². The van der Waals surface area contributed by atoms with Gasteiger partial charge in [-0.15, -0.1) is 0 Å². The summed E-state index contributed by atoms with van der Waals surface area (Å²) < 4.78 is 6.63. The van der Waals surface area contributed by atoms with Crippen molar-refractivity contribution in [1.82, 2.24) is 4.57 Å². The number of methoxy groups -OCH3 is 1. The van der Waals surface area contributed by atoms with E-state index in [1.165, 1.54) is 10.6 Å². The fraction of sp³-hybridized carbons (Fsp3) is 0.100. The van der Waals surface area contributed by atoms with Crippen molar-refractivity contribution < 1.29 is 14.3 Å². The Balaban J connectivity index is 1.83. The second kappa shape index (κ2) is 8.37. The van der Waals surface area contributed by atoms with Crippen LogP contribution in [0.1, 0.15) is 20.8 Å². The van der Waals surface area contributed by atoms with Gasteiger partial charge < -0.3 is 19.9 Å². The summed E-state index contributed by atoms with van der Waals surface area (Å²) in [5, 5.41) is 6.06. The Bertz CT molecular complexity index is 1050. The van der Waals surface area contributed by atoms with Crippen LogP contribution >= 0.6 is 23.2 Å². The van der Waals surface area contributed by atoms with Crippen molar-refractivity contribution in [2.75, 3.05) is 17.7 Å². The van der Waals surface area contributed by atoms with Gasteiger partial charge >= 0.3 is 0 Å². The van der Waals surface area contributed by atoms with Crippen molar-refractivity contribution in [2.45, 2.75) is 0 Å². The predicted octanol–water partition coefficient (Wildman–Crippen LogP) is 4.85. The van der Waals surface area contributed by atoms with Crippen molar-refractivity contribution in [2.24, 2.45) is 7.05 Å². The average Bonchev–Trinajstić information content (AvgIpc) is 2.96. The van der Waals surface area contributed by atoms with Crippen LogP contribution in [0, 0.1) is 0 Å². The summed E-state index contributed by atoms with van der Waals surface area (Å²) in [6.45, 7) is 0. The van der Waals surface area contributed by atoms with Crippen molar-refractivity contribution in [3.63, 3.8) is 0 Å². The Morgan fingerprint density at radius 2 is 1.71 bits per heavy atom. The Kier molecular flexibility index (Phi) is 5.92. The first-order chi connectivity index (χ1) is 13.4. The smallest absolute Gasteiger partial charge is 0.272 e. The number of nitrogens with one attached hydrogen (secondary N) is 2. The zero-order chi connectivity index (χ0) is 20.3. The second-order valence-corrected chi connectivity index (χ2v) is 6.68. The molecule has 0 fully saturated rings. The van der Waals surface area contributed by atoms with E-state index >= 15 is 0 Å². The van der Waals surface area contributed by atoms with Crippen molar-refractivity contribution >= 4 is 46.4 Å². The lowest BCUT2D eigenvalue weighted by Crippen LogP contribution is -2.19. The van der Waals surface area contributed by atoms with Crippen LogP contribution in [0.5, 0.6) is 5.75 Å². The van der Waals surface area contributed by atoms with Crippen LogP contribution < -0.4 is 15.4 Å². The normalized spacial score (nSPS) is 10.4. The van der Waals surface area contributed by atoms with Gasteiger partial charge in [-0.25, -0.2) is 0 Å². The van der Waals surface area contributed by atoms with E-state index in [4.69, 9.17) is 27.9 Å². The van der Waals surface area contributed by atoms with Gasteiger partial charge in [0.15, 0.2) is 0 Å².